The largest absolute Gasteiger partial charge is 0.478 e. The van der Waals surface area contributed by atoms with Gasteiger partial charge in [0.25, 0.3) is 5.91 Å². The van der Waals surface area contributed by atoms with Crippen LogP contribution in [0.25, 0.3) is 10.2 Å². The molecule has 0 unspecified atom stereocenters. The highest BCUT2D eigenvalue weighted by Gasteiger charge is 2.13. The van der Waals surface area contributed by atoms with Gasteiger partial charge in [0.1, 0.15) is 0 Å². The van der Waals surface area contributed by atoms with E-state index in [1.54, 1.807) is 18.2 Å². The Morgan fingerprint density at radius 2 is 1.91 bits per heavy atom. The quantitative estimate of drug-likeness (QED) is 0.672. The highest BCUT2D eigenvalue weighted by Crippen LogP contribution is 2.26. The zero-order chi connectivity index (χ0) is 16.6. The summed E-state index contributed by atoms with van der Waals surface area (Å²) in [5.74, 6) is -1.50. The minimum Gasteiger partial charge on any atom is -0.478 e. The Hall–Kier alpha value is -2.64. The van der Waals surface area contributed by atoms with E-state index in [0.29, 0.717) is 10.7 Å². The zero-order valence-corrected chi connectivity index (χ0v) is 13.1. The van der Waals surface area contributed by atoms with Gasteiger partial charge in [-0.2, -0.15) is 0 Å². The van der Waals surface area contributed by atoms with Crippen molar-refractivity contribution in [2.45, 2.75) is 0 Å². The van der Waals surface area contributed by atoms with Crippen LogP contribution in [0.5, 0.6) is 0 Å². The molecule has 0 aliphatic rings. The van der Waals surface area contributed by atoms with E-state index in [4.69, 9.17) is 22.4 Å². The number of carbonyl (C=O) groups is 2. The lowest BCUT2D eigenvalue weighted by Crippen LogP contribution is -2.12. The highest BCUT2D eigenvalue weighted by molar-refractivity contribution is 7.22. The first-order valence-corrected chi connectivity index (χ1v) is 7.64. The average Bonchev–Trinajstić information content (AvgIpc) is 2.88. The van der Waals surface area contributed by atoms with E-state index >= 15 is 0 Å². The number of hydrogen-bond acceptors (Lipinski definition) is 5. The van der Waals surface area contributed by atoms with Crippen LogP contribution >= 0.6 is 22.9 Å². The third kappa shape index (κ3) is 3.10. The lowest BCUT2D eigenvalue weighted by molar-refractivity contribution is 0.0696. The van der Waals surface area contributed by atoms with Gasteiger partial charge < -0.3 is 16.2 Å². The lowest BCUT2D eigenvalue weighted by Gasteiger charge is -2.08. The number of halogens is 1. The van der Waals surface area contributed by atoms with E-state index in [1.165, 1.54) is 29.5 Å². The van der Waals surface area contributed by atoms with Crippen LogP contribution in [0.3, 0.4) is 0 Å². The van der Waals surface area contributed by atoms with Crippen LogP contribution < -0.4 is 11.1 Å². The normalized spacial score (nSPS) is 10.7. The second kappa shape index (κ2) is 5.86. The molecule has 23 heavy (non-hydrogen) atoms. The number of hydrogen-bond donors (Lipinski definition) is 3. The third-order valence-electron chi connectivity index (χ3n) is 3.13. The SMILES string of the molecule is Nc1nc2ccc(C(=O)Nc3cc(C(=O)O)ccc3Cl)cc2s1. The number of carbonyl (C=O) groups excluding carboxylic acids is 1. The molecule has 3 rings (SSSR count). The first-order valence-electron chi connectivity index (χ1n) is 6.44. The van der Waals surface area contributed by atoms with Crippen molar-refractivity contribution < 1.29 is 14.7 Å². The van der Waals surface area contributed by atoms with Gasteiger partial charge >= 0.3 is 5.97 Å². The van der Waals surface area contributed by atoms with Gasteiger partial charge in [0.15, 0.2) is 5.13 Å². The average molecular weight is 348 g/mol. The van der Waals surface area contributed by atoms with Crippen LogP contribution in [-0.2, 0) is 0 Å². The number of fused-ring (bicyclic) bond motifs is 1. The zero-order valence-electron chi connectivity index (χ0n) is 11.5. The molecule has 6 nitrogen and oxygen atoms in total. The van der Waals surface area contributed by atoms with Crippen molar-refractivity contribution in [3.05, 3.63) is 52.5 Å². The van der Waals surface area contributed by atoms with Gasteiger partial charge in [0, 0.05) is 5.56 Å². The monoisotopic (exact) mass is 347 g/mol. The van der Waals surface area contributed by atoms with Crippen LogP contribution in [0.15, 0.2) is 36.4 Å². The number of rotatable bonds is 3. The maximum absolute atomic E-state index is 12.3. The number of nitrogen functional groups attached to an aromatic ring is 1. The summed E-state index contributed by atoms with van der Waals surface area (Å²) in [6.07, 6.45) is 0. The number of thiazole rings is 1. The third-order valence-corrected chi connectivity index (χ3v) is 4.31. The van der Waals surface area contributed by atoms with Gasteiger partial charge in [-0.05, 0) is 36.4 Å². The molecule has 0 radical (unpaired) electrons. The fourth-order valence-corrected chi connectivity index (χ4v) is 2.97. The highest BCUT2D eigenvalue weighted by atomic mass is 35.5. The van der Waals surface area contributed by atoms with Crippen LogP contribution in [-0.4, -0.2) is 22.0 Å². The smallest absolute Gasteiger partial charge is 0.335 e. The molecule has 0 saturated carbocycles. The molecule has 4 N–H and O–H groups in total. The number of benzene rings is 2. The van der Waals surface area contributed by atoms with E-state index in [2.05, 4.69) is 10.3 Å². The first-order chi connectivity index (χ1) is 10.9. The molecule has 2 aromatic carbocycles. The Morgan fingerprint density at radius 3 is 2.65 bits per heavy atom. The Morgan fingerprint density at radius 1 is 1.17 bits per heavy atom. The fraction of sp³-hybridized carbons (Fsp3) is 0. The summed E-state index contributed by atoms with van der Waals surface area (Å²) in [6.45, 7) is 0. The Kier molecular flexibility index (Phi) is 3.89. The molecule has 0 saturated heterocycles. The minimum atomic E-state index is -1.10. The van der Waals surface area contributed by atoms with Crippen LogP contribution in [0, 0.1) is 0 Å². The van der Waals surface area contributed by atoms with Gasteiger partial charge in [0.2, 0.25) is 0 Å². The number of carboxylic acid groups (broad SMARTS) is 1. The molecule has 0 atom stereocenters. The van der Waals surface area contributed by atoms with Crippen molar-refractivity contribution in [3.63, 3.8) is 0 Å². The molecule has 8 heteroatoms. The summed E-state index contributed by atoms with van der Waals surface area (Å²) >= 11 is 7.28. The van der Waals surface area contributed by atoms with Crippen molar-refractivity contribution >= 4 is 55.8 Å². The number of carboxylic acids is 1. The van der Waals surface area contributed by atoms with E-state index < -0.39 is 11.9 Å². The van der Waals surface area contributed by atoms with Gasteiger partial charge in [-0.3, -0.25) is 4.79 Å². The molecule has 1 aromatic heterocycles. The van der Waals surface area contributed by atoms with Gasteiger partial charge in [-0.25, -0.2) is 9.78 Å². The predicted molar refractivity (Wildman–Crippen MR) is 90.4 cm³/mol. The Bertz CT molecular complexity index is 939. The van der Waals surface area contributed by atoms with E-state index in [-0.39, 0.29) is 16.3 Å². The van der Waals surface area contributed by atoms with Crippen LogP contribution in [0.4, 0.5) is 10.8 Å². The maximum Gasteiger partial charge on any atom is 0.335 e. The van der Waals surface area contributed by atoms with Gasteiger partial charge in [0.05, 0.1) is 26.5 Å². The summed E-state index contributed by atoms with van der Waals surface area (Å²) in [7, 11) is 0. The fourth-order valence-electron chi connectivity index (χ4n) is 2.03. The second-order valence-electron chi connectivity index (χ2n) is 4.69. The lowest BCUT2D eigenvalue weighted by atomic mass is 10.1. The summed E-state index contributed by atoms with van der Waals surface area (Å²) in [5, 5.41) is 12.3. The van der Waals surface area contributed by atoms with Crippen LogP contribution in [0.2, 0.25) is 5.02 Å². The standard InChI is InChI=1S/C15H10ClN3O3S/c16-9-3-1-8(14(21)22)5-11(9)18-13(20)7-2-4-10-12(6-7)23-15(17)19-10/h1-6H,(H2,17,19)(H,18,20)(H,21,22). The molecule has 0 aliphatic heterocycles. The van der Waals surface area contributed by atoms with E-state index in [0.717, 1.165) is 10.2 Å². The maximum atomic E-state index is 12.3. The number of nitrogens with zero attached hydrogens (tertiary/aromatic N) is 1. The Labute approximate surface area is 139 Å². The number of nitrogens with one attached hydrogen (secondary N) is 1. The minimum absolute atomic E-state index is 0.0374. The summed E-state index contributed by atoms with van der Waals surface area (Å²) in [5.41, 5.74) is 7.03. The molecule has 0 fully saturated rings. The molecular formula is C15H10ClN3O3S. The molecule has 0 spiro atoms. The molecule has 1 heterocycles. The van der Waals surface area contributed by atoms with E-state index in [9.17, 15) is 9.59 Å². The number of aromatic nitrogens is 1. The second-order valence-corrected chi connectivity index (χ2v) is 6.16. The predicted octanol–water partition coefficient (Wildman–Crippen LogP) is 3.48. The van der Waals surface area contributed by atoms with Crippen LogP contribution in [0.1, 0.15) is 20.7 Å². The van der Waals surface area contributed by atoms with Gasteiger partial charge in [-0.1, -0.05) is 22.9 Å². The summed E-state index contributed by atoms with van der Waals surface area (Å²) in [4.78, 5) is 27.5. The summed E-state index contributed by atoms with van der Waals surface area (Å²) in [6, 6.07) is 9.10. The molecular weight excluding hydrogens is 338 g/mol. The summed E-state index contributed by atoms with van der Waals surface area (Å²) < 4.78 is 0.792. The molecule has 0 aliphatic carbocycles. The van der Waals surface area contributed by atoms with E-state index in [1.807, 2.05) is 0 Å². The van der Waals surface area contributed by atoms with Crippen molar-refractivity contribution in [2.24, 2.45) is 0 Å². The molecule has 1 amide bonds. The number of amides is 1. The number of anilines is 2. The van der Waals surface area contributed by atoms with Gasteiger partial charge in [-0.15, -0.1) is 0 Å². The molecule has 0 bridgehead atoms. The van der Waals surface area contributed by atoms with Crippen molar-refractivity contribution in [1.82, 2.24) is 4.98 Å². The van der Waals surface area contributed by atoms with Crippen molar-refractivity contribution in [1.29, 1.82) is 0 Å². The van der Waals surface area contributed by atoms with Crippen molar-refractivity contribution in [3.8, 4) is 0 Å². The Balaban J connectivity index is 1.90. The molecule has 3 aromatic rings. The molecule has 116 valence electrons. The number of aromatic carboxylic acids is 1. The first kappa shape index (κ1) is 15.3. The topological polar surface area (TPSA) is 105 Å². The van der Waals surface area contributed by atoms with Crippen molar-refractivity contribution in [2.75, 3.05) is 11.1 Å². The number of nitrogens with two attached hydrogens (primary N) is 1.